The Hall–Kier alpha value is 0.160. The van der Waals surface area contributed by atoms with Crippen molar-refractivity contribution in [1.82, 2.24) is 4.72 Å². The predicted octanol–water partition coefficient (Wildman–Crippen LogP) is 0.961. The maximum absolute atomic E-state index is 11.2. The van der Waals surface area contributed by atoms with Gasteiger partial charge in [-0.25, -0.2) is 13.1 Å². The third kappa shape index (κ3) is 8.74. The molecule has 0 aliphatic carbocycles. The van der Waals surface area contributed by atoms with Crippen molar-refractivity contribution < 1.29 is 13.2 Å². The van der Waals surface area contributed by atoms with E-state index in [1.165, 1.54) is 0 Å². The topological polar surface area (TPSA) is 55.4 Å². The highest BCUT2D eigenvalue weighted by Gasteiger charge is 2.07. The van der Waals surface area contributed by atoms with E-state index in [-0.39, 0.29) is 5.75 Å². The van der Waals surface area contributed by atoms with Crippen LogP contribution in [0.3, 0.4) is 0 Å². The molecule has 0 aromatic heterocycles. The number of rotatable bonds is 9. The van der Waals surface area contributed by atoms with E-state index in [1.54, 1.807) is 0 Å². The Labute approximate surface area is 91.0 Å². The Morgan fingerprint density at radius 1 is 1.36 bits per heavy atom. The number of unbranched alkanes of at least 4 members (excludes halogenated alkanes) is 1. The Kier molecular flexibility index (Phi) is 8.56. The van der Waals surface area contributed by atoms with E-state index >= 15 is 0 Å². The molecule has 4 nitrogen and oxygen atoms in total. The van der Waals surface area contributed by atoms with Crippen molar-refractivity contribution in [3.05, 3.63) is 0 Å². The van der Waals surface area contributed by atoms with Gasteiger partial charge >= 0.3 is 0 Å². The molecule has 0 atom stereocenters. The maximum Gasteiger partial charge on any atom is 0.211 e. The number of hydrogen-bond acceptors (Lipinski definition) is 3. The van der Waals surface area contributed by atoms with Crippen LogP contribution in [0.5, 0.6) is 0 Å². The molecule has 0 heterocycles. The number of halogens is 1. The molecule has 0 saturated heterocycles. The molecule has 0 rings (SSSR count). The zero-order valence-electron chi connectivity index (χ0n) is 8.46. The quantitative estimate of drug-likeness (QED) is 0.485. The number of ether oxygens (including phenoxy) is 1. The first kappa shape index (κ1) is 14.2. The lowest BCUT2D eigenvalue weighted by atomic mass is 10.4. The van der Waals surface area contributed by atoms with Gasteiger partial charge < -0.3 is 4.74 Å². The summed E-state index contributed by atoms with van der Waals surface area (Å²) in [5.74, 6) is 0.627. The Bertz CT molecular complexity index is 219. The summed E-state index contributed by atoms with van der Waals surface area (Å²) in [7, 11) is -3.09. The molecule has 0 aliphatic heterocycles. The Morgan fingerprint density at radius 3 is 2.64 bits per heavy atom. The molecule has 0 aromatic rings. The number of hydrogen-bond donors (Lipinski definition) is 1. The molecule has 0 amide bonds. The molecule has 0 saturated carbocycles. The summed E-state index contributed by atoms with van der Waals surface area (Å²) >= 11 is 5.38. The summed E-state index contributed by atoms with van der Waals surface area (Å²) in [6, 6.07) is 0. The molecule has 6 heteroatoms. The van der Waals surface area contributed by atoms with Crippen LogP contribution in [-0.2, 0) is 14.8 Å². The van der Waals surface area contributed by atoms with Gasteiger partial charge in [0.25, 0.3) is 0 Å². The van der Waals surface area contributed by atoms with E-state index in [0.717, 1.165) is 6.42 Å². The maximum atomic E-state index is 11.2. The van der Waals surface area contributed by atoms with Crippen LogP contribution in [0.1, 0.15) is 19.8 Å². The van der Waals surface area contributed by atoms with Gasteiger partial charge in [-0.15, -0.1) is 11.6 Å². The van der Waals surface area contributed by atoms with E-state index < -0.39 is 10.0 Å². The second-order valence-electron chi connectivity index (χ2n) is 2.87. The molecule has 0 spiro atoms. The zero-order valence-corrected chi connectivity index (χ0v) is 10.0. The van der Waals surface area contributed by atoms with Crippen molar-refractivity contribution in [2.24, 2.45) is 0 Å². The summed E-state index contributed by atoms with van der Waals surface area (Å²) in [4.78, 5) is 0. The first-order valence-electron chi connectivity index (χ1n) is 4.73. The third-order valence-corrected chi connectivity index (χ3v) is 3.18. The monoisotopic (exact) mass is 243 g/mol. The van der Waals surface area contributed by atoms with Gasteiger partial charge in [0.05, 0.1) is 19.0 Å². The number of nitrogens with one attached hydrogen (secondary N) is 1. The smallest absolute Gasteiger partial charge is 0.211 e. The van der Waals surface area contributed by atoms with Crippen molar-refractivity contribution in [3.8, 4) is 0 Å². The van der Waals surface area contributed by atoms with Gasteiger partial charge in [0.1, 0.15) is 0 Å². The summed E-state index contributed by atoms with van der Waals surface area (Å²) in [5, 5.41) is 0. The van der Waals surface area contributed by atoms with Crippen molar-refractivity contribution in [2.75, 3.05) is 31.4 Å². The average Bonchev–Trinajstić information content (AvgIpc) is 2.15. The predicted molar refractivity (Wildman–Crippen MR) is 58.2 cm³/mol. The fourth-order valence-corrected chi connectivity index (χ4v) is 2.15. The van der Waals surface area contributed by atoms with Crippen LogP contribution in [0, 0.1) is 0 Å². The van der Waals surface area contributed by atoms with Crippen LogP contribution in [0.4, 0.5) is 0 Å². The van der Waals surface area contributed by atoms with Crippen molar-refractivity contribution in [3.63, 3.8) is 0 Å². The van der Waals surface area contributed by atoms with Crippen LogP contribution in [-0.4, -0.2) is 39.8 Å². The van der Waals surface area contributed by atoms with E-state index in [2.05, 4.69) is 4.72 Å². The van der Waals surface area contributed by atoms with E-state index in [9.17, 15) is 8.42 Å². The van der Waals surface area contributed by atoms with Gasteiger partial charge in [0.15, 0.2) is 0 Å². The molecule has 0 aliphatic rings. The van der Waals surface area contributed by atoms with Crippen molar-refractivity contribution in [2.45, 2.75) is 19.8 Å². The summed E-state index contributed by atoms with van der Waals surface area (Å²) in [6.07, 6.45) is 1.57. The molecule has 0 bridgehead atoms. The first-order valence-corrected chi connectivity index (χ1v) is 6.92. The molecule has 0 unspecified atom stereocenters. The van der Waals surface area contributed by atoms with Crippen LogP contribution in [0.15, 0.2) is 0 Å². The van der Waals surface area contributed by atoms with Gasteiger partial charge in [-0.05, 0) is 6.42 Å². The van der Waals surface area contributed by atoms with Crippen LogP contribution in [0.25, 0.3) is 0 Å². The molecule has 0 aromatic carbocycles. The van der Waals surface area contributed by atoms with Gasteiger partial charge in [-0.1, -0.05) is 13.3 Å². The molecular formula is C8H18ClNO3S. The Balaban J connectivity index is 3.46. The van der Waals surface area contributed by atoms with E-state index in [4.69, 9.17) is 16.3 Å². The van der Waals surface area contributed by atoms with Gasteiger partial charge in [0, 0.05) is 12.4 Å². The average molecular weight is 244 g/mol. The molecule has 1 N–H and O–H groups in total. The first-order chi connectivity index (χ1) is 6.62. The summed E-state index contributed by atoms with van der Waals surface area (Å²) < 4.78 is 29.9. The lowest BCUT2D eigenvalue weighted by molar-refractivity contribution is 0.155. The lowest BCUT2D eigenvalue weighted by Gasteiger charge is -2.05. The SMILES string of the molecule is CCCCS(=O)(=O)NCCOCCCl. The zero-order chi connectivity index (χ0) is 10.9. The molecule has 86 valence electrons. The highest BCUT2D eigenvalue weighted by Crippen LogP contribution is 1.92. The molecule has 0 fully saturated rings. The molecular weight excluding hydrogens is 226 g/mol. The minimum atomic E-state index is -3.09. The Morgan fingerprint density at radius 2 is 2.07 bits per heavy atom. The minimum Gasteiger partial charge on any atom is -0.379 e. The molecule has 14 heavy (non-hydrogen) atoms. The summed E-state index contributed by atoms with van der Waals surface area (Å²) in [6.45, 7) is 3.11. The second-order valence-corrected chi connectivity index (χ2v) is 5.17. The lowest BCUT2D eigenvalue weighted by Crippen LogP contribution is -2.29. The van der Waals surface area contributed by atoms with Crippen molar-refractivity contribution in [1.29, 1.82) is 0 Å². The number of sulfonamides is 1. The summed E-state index contributed by atoms with van der Waals surface area (Å²) in [5.41, 5.74) is 0. The van der Waals surface area contributed by atoms with Gasteiger partial charge in [-0.2, -0.15) is 0 Å². The largest absolute Gasteiger partial charge is 0.379 e. The minimum absolute atomic E-state index is 0.193. The number of alkyl halides is 1. The highest BCUT2D eigenvalue weighted by molar-refractivity contribution is 7.89. The van der Waals surface area contributed by atoms with Crippen LogP contribution in [0.2, 0.25) is 0 Å². The van der Waals surface area contributed by atoms with Crippen LogP contribution >= 0.6 is 11.6 Å². The third-order valence-electron chi connectivity index (χ3n) is 1.56. The van der Waals surface area contributed by atoms with E-state index in [1.807, 2.05) is 6.92 Å². The standard InChI is InChI=1S/C8H18ClNO3S/c1-2-3-8-14(11,12)10-5-7-13-6-4-9/h10H,2-8H2,1H3. The second kappa shape index (κ2) is 8.47. The highest BCUT2D eigenvalue weighted by atomic mass is 35.5. The van der Waals surface area contributed by atoms with Gasteiger partial charge in [0.2, 0.25) is 10.0 Å². The van der Waals surface area contributed by atoms with Gasteiger partial charge in [-0.3, -0.25) is 0 Å². The molecule has 0 radical (unpaired) electrons. The fraction of sp³-hybridized carbons (Fsp3) is 1.00. The normalized spacial score (nSPS) is 11.9. The fourth-order valence-electron chi connectivity index (χ4n) is 0.832. The van der Waals surface area contributed by atoms with E-state index in [0.29, 0.717) is 32.1 Å². The van der Waals surface area contributed by atoms with Crippen LogP contribution < -0.4 is 4.72 Å². The van der Waals surface area contributed by atoms with Crippen molar-refractivity contribution >= 4 is 21.6 Å².